The van der Waals surface area contributed by atoms with Crippen LogP contribution >= 0.6 is 0 Å². The summed E-state index contributed by atoms with van der Waals surface area (Å²) in [7, 11) is 0. The highest BCUT2D eigenvalue weighted by Crippen LogP contribution is 2.25. The first kappa shape index (κ1) is 17.3. The van der Waals surface area contributed by atoms with E-state index >= 15 is 0 Å². The quantitative estimate of drug-likeness (QED) is 0.802. The van der Waals surface area contributed by atoms with Crippen LogP contribution in [0.3, 0.4) is 0 Å². The van der Waals surface area contributed by atoms with E-state index in [1.807, 2.05) is 36.5 Å². The average Bonchev–Trinajstić information content (AvgIpc) is 3.39. The van der Waals surface area contributed by atoms with Gasteiger partial charge in [0.05, 0.1) is 5.56 Å². The number of aromatic amines is 1. The molecule has 4 rings (SSSR count). The van der Waals surface area contributed by atoms with Gasteiger partial charge in [-0.2, -0.15) is 0 Å². The van der Waals surface area contributed by atoms with Crippen LogP contribution in [0.4, 0.5) is 0 Å². The van der Waals surface area contributed by atoms with Gasteiger partial charge in [0.15, 0.2) is 0 Å². The van der Waals surface area contributed by atoms with Gasteiger partial charge in [-0.05, 0) is 18.4 Å². The van der Waals surface area contributed by atoms with Crippen molar-refractivity contribution in [1.82, 2.24) is 20.1 Å². The Morgan fingerprint density at radius 2 is 1.59 bits per heavy atom. The summed E-state index contributed by atoms with van der Waals surface area (Å²) in [5.74, 6) is -1.10. The second kappa shape index (κ2) is 7.26. The van der Waals surface area contributed by atoms with E-state index in [-0.39, 0.29) is 11.9 Å². The lowest BCUT2D eigenvalue weighted by atomic mass is 10.0. The van der Waals surface area contributed by atoms with E-state index in [1.54, 1.807) is 11.1 Å². The van der Waals surface area contributed by atoms with Crippen LogP contribution < -0.4 is 5.32 Å². The highest BCUT2D eigenvalue weighted by atomic mass is 16.2. The van der Waals surface area contributed by atoms with Crippen molar-refractivity contribution in [1.29, 1.82) is 0 Å². The molecular formula is C20H22N4O3. The standard InChI is InChI=1S/C20H22N4O3/c25-18(22-15-6-7-15)20(27)24-10-8-23(9-11-24)19(26)17-13-21-12-16(17)14-4-2-1-3-5-14/h1-5,12-13,15,21H,6-11H2,(H,22,25). The van der Waals surface area contributed by atoms with Crippen LogP contribution in [0.15, 0.2) is 42.7 Å². The smallest absolute Gasteiger partial charge is 0.312 e. The predicted octanol–water partition coefficient (Wildman–Crippen LogP) is 1.24. The largest absolute Gasteiger partial charge is 0.366 e. The third-order valence-electron chi connectivity index (χ3n) is 5.02. The van der Waals surface area contributed by atoms with Crippen LogP contribution in [-0.4, -0.2) is 64.7 Å². The van der Waals surface area contributed by atoms with Crippen LogP contribution in [-0.2, 0) is 9.59 Å². The van der Waals surface area contributed by atoms with Crippen molar-refractivity contribution in [3.05, 3.63) is 48.3 Å². The summed E-state index contributed by atoms with van der Waals surface area (Å²) < 4.78 is 0. The minimum atomic E-state index is -0.533. The molecule has 2 aromatic rings. The molecule has 1 aliphatic carbocycles. The topological polar surface area (TPSA) is 85.5 Å². The number of amides is 3. The van der Waals surface area contributed by atoms with Crippen molar-refractivity contribution in [2.45, 2.75) is 18.9 Å². The SMILES string of the molecule is O=C(NC1CC1)C(=O)N1CCN(C(=O)c2c[nH]cc2-c2ccccc2)CC1. The minimum absolute atomic E-state index is 0.0652. The fourth-order valence-corrected chi connectivity index (χ4v) is 3.30. The van der Waals surface area contributed by atoms with Crippen molar-refractivity contribution in [2.75, 3.05) is 26.2 Å². The molecule has 3 amide bonds. The number of rotatable bonds is 3. The van der Waals surface area contributed by atoms with Gasteiger partial charge in [0, 0.05) is 50.2 Å². The number of hydrogen-bond acceptors (Lipinski definition) is 3. The number of H-pyrrole nitrogens is 1. The van der Waals surface area contributed by atoms with Gasteiger partial charge >= 0.3 is 11.8 Å². The molecule has 0 radical (unpaired) electrons. The molecule has 1 saturated carbocycles. The first-order chi connectivity index (χ1) is 13.1. The minimum Gasteiger partial charge on any atom is -0.366 e. The lowest BCUT2D eigenvalue weighted by molar-refractivity contribution is -0.146. The first-order valence-electron chi connectivity index (χ1n) is 9.25. The Morgan fingerprint density at radius 1 is 0.926 bits per heavy atom. The van der Waals surface area contributed by atoms with Gasteiger partial charge in [-0.15, -0.1) is 0 Å². The van der Waals surface area contributed by atoms with Crippen molar-refractivity contribution in [3.63, 3.8) is 0 Å². The lowest BCUT2D eigenvalue weighted by Crippen LogP contribution is -2.54. The molecule has 0 bridgehead atoms. The van der Waals surface area contributed by atoms with E-state index in [4.69, 9.17) is 0 Å². The normalized spacial score (nSPS) is 16.9. The Balaban J connectivity index is 1.39. The number of aromatic nitrogens is 1. The molecule has 2 aliphatic rings. The maximum absolute atomic E-state index is 12.9. The van der Waals surface area contributed by atoms with Crippen LogP contribution in [0.2, 0.25) is 0 Å². The van der Waals surface area contributed by atoms with Crippen LogP contribution in [0.25, 0.3) is 11.1 Å². The van der Waals surface area contributed by atoms with Crippen molar-refractivity contribution < 1.29 is 14.4 Å². The highest BCUT2D eigenvalue weighted by molar-refractivity contribution is 6.35. The van der Waals surface area contributed by atoms with Gasteiger partial charge < -0.3 is 20.1 Å². The number of piperazine rings is 1. The molecule has 2 heterocycles. The zero-order valence-electron chi connectivity index (χ0n) is 15.0. The van der Waals surface area contributed by atoms with E-state index in [0.717, 1.165) is 24.0 Å². The number of hydrogen-bond donors (Lipinski definition) is 2. The summed E-state index contributed by atoms with van der Waals surface area (Å²) in [6.45, 7) is 1.57. The van der Waals surface area contributed by atoms with Crippen LogP contribution in [0.5, 0.6) is 0 Å². The Hall–Kier alpha value is -3.09. The van der Waals surface area contributed by atoms with Gasteiger partial charge in [-0.25, -0.2) is 0 Å². The lowest BCUT2D eigenvalue weighted by Gasteiger charge is -2.34. The molecule has 2 N–H and O–H groups in total. The molecule has 1 aromatic carbocycles. The van der Waals surface area contributed by atoms with E-state index in [9.17, 15) is 14.4 Å². The highest BCUT2D eigenvalue weighted by Gasteiger charge is 2.32. The van der Waals surface area contributed by atoms with Gasteiger partial charge in [0.1, 0.15) is 0 Å². The average molecular weight is 366 g/mol. The molecular weight excluding hydrogens is 344 g/mol. The molecule has 1 aromatic heterocycles. The number of carbonyl (C=O) groups excluding carboxylic acids is 3. The molecule has 7 heteroatoms. The molecule has 0 unspecified atom stereocenters. The number of nitrogens with one attached hydrogen (secondary N) is 2. The van der Waals surface area contributed by atoms with Crippen LogP contribution in [0.1, 0.15) is 23.2 Å². The molecule has 1 aliphatic heterocycles. The predicted molar refractivity (Wildman–Crippen MR) is 99.9 cm³/mol. The maximum Gasteiger partial charge on any atom is 0.312 e. The Labute approximate surface area is 157 Å². The zero-order chi connectivity index (χ0) is 18.8. The zero-order valence-corrected chi connectivity index (χ0v) is 15.0. The molecule has 7 nitrogen and oxygen atoms in total. The molecule has 1 saturated heterocycles. The molecule has 27 heavy (non-hydrogen) atoms. The van der Waals surface area contributed by atoms with E-state index in [0.29, 0.717) is 31.7 Å². The Bertz CT molecular complexity index is 849. The first-order valence-corrected chi connectivity index (χ1v) is 9.25. The maximum atomic E-state index is 12.9. The third-order valence-corrected chi connectivity index (χ3v) is 5.02. The van der Waals surface area contributed by atoms with E-state index in [2.05, 4.69) is 10.3 Å². The summed E-state index contributed by atoms with van der Waals surface area (Å²) in [4.78, 5) is 43.3. The van der Waals surface area contributed by atoms with Crippen LogP contribution in [0, 0.1) is 0 Å². The van der Waals surface area contributed by atoms with Gasteiger partial charge in [-0.3, -0.25) is 14.4 Å². The summed E-state index contributed by atoms with van der Waals surface area (Å²) in [5, 5.41) is 2.72. The fraction of sp³-hybridized carbons (Fsp3) is 0.350. The van der Waals surface area contributed by atoms with Crippen molar-refractivity contribution >= 4 is 17.7 Å². The summed E-state index contributed by atoms with van der Waals surface area (Å²) in [6.07, 6.45) is 5.43. The number of nitrogens with zero attached hydrogens (tertiary/aromatic N) is 2. The summed E-state index contributed by atoms with van der Waals surface area (Å²) >= 11 is 0. The second-order valence-electron chi connectivity index (χ2n) is 6.98. The molecule has 2 fully saturated rings. The summed E-state index contributed by atoms with van der Waals surface area (Å²) in [5.41, 5.74) is 2.46. The fourth-order valence-electron chi connectivity index (χ4n) is 3.30. The Kier molecular flexibility index (Phi) is 4.66. The second-order valence-corrected chi connectivity index (χ2v) is 6.98. The molecule has 140 valence electrons. The van der Waals surface area contributed by atoms with E-state index in [1.165, 1.54) is 4.90 Å². The molecule has 0 spiro atoms. The van der Waals surface area contributed by atoms with Gasteiger partial charge in [0.2, 0.25) is 0 Å². The van der Waals surface area contributed by atoms with Crippen molar-refractivity contribution in [3.8, 4) is 11.1 Å². The third kappa shape index (κ3) is 3.72. The number of benzene rings is 1. The van der Waals surface area contributed by atoms with E-state index < -0.39 is 11.8 Å². The Morgan fingerprint density at radius 3 is 2.26 bits per heavy atom. The monoisotopic (exact) mass is 366 g/mol. The molecule has 0 atom stereocenters. The summed E-state index contributed by atoms with van der Waals surface area (Å²) in [6, 6.07) is 9.91. The van der Waals surface area contributed by atoms with Gasteiger partial charge in [0.25, 0.3) is 5.91 Å². The van der Waals surface area contributed by atoms with Gasteiger partial charge in [-0.1, -0.05) is 30.3 Å². The van der Waals surface area contributed by atoms with Crippen molar-refractivity contribution in [2.24, 2.45) is 0 Å². The number of carbonyl (C=O) groups is 3.